The molecule has 1 aliphatic rings. The molecule has 0 aliphatic carbocycles. The first-order valence-corrected chi connectivity index (χ1v) is 7.36. The van der Waals surface area contributed by atoms with E-state index in [1.54, 1.807) is 30.1 Å². The van der Waals surface area contributed by atoms with E-state index in [0.717, 1.165) is 30.4 Å². The van der Waals surface area contributed by atoms with Crippen LogP contribution in [-0.4, -0.2) is 48.3 Å². The zero-order valence-electron chi connectivity index (χ0n) is 11.4. The van der Waals surface area contributed by atoms with Gasteiger partial charge in [-0.2, -0.15) is 0 Å². The van der Waals surface area contributed by atoms with Gasteiger partial charge >= 0.3 is 0 Å². The smallest absolute Gasteiger partial charge is 0.254 e. The van der Waals surface area contributed by atoms with Crippen molar-refractivity contribution in [3.8, 4) is 0 Å². The fourth-order valence-electron chi connectivity index (χ4n) is 2.30. The molecule has 2 amide bonds. The zero-order chi connectivity index (χ0) is 14.7. The number of hydrogen-bond acceptors (Lipinski definition) is 3. The average Bonchev–Trinajstić information content (AvgIpc) is 2.90. The molecule has 5 nitrogen and oxygen atoms in total. The lowest BCUT2D eigenvalue weighted by Gasteiger charge is -2.21. The highest BCUT2D eigenvalue weighted by atomic mass is 79.9. The van der Waals surface area contributed by atoms with Gasteiger partial charge in [-0.05, 0) is 31.0 Å². The van der Waals surface area contributed by atoms with Crippen LogP contribution in [0.1, 0.15) is 23.2 Å². The molecule has 1 fully saturated rings. The van der Waals surface area contributed by atoms with E-state index in [-0.39, 0.29) is 18.4 Å². The third-order valence-electron chi connectivity index (χ3n) is 3.34. The fraction of sp³-hybridized carbons (Fsp3) is 0.429. The second kappa shape index (κ2) is 6.26. The Morgan fingerprint density at radius 3 is 2.55 bits per heavy atom. The number of likely N-dealkylation sites (tertiary alicyclic amines) is 1. The lowest BCUT2D eigenvalue weighted by atomic mass is 10.2. The van der Waals surface area contributed by atoms with Crippen molar-refractivity contribution in [1.82, 2.24) is 9.80 Å². The first-order chi connectivity index (χ1) is 9.47. The molecule has 6 heteroatoms. The molecule has 0 unspecified atom stereocenters. The van der Waals surface area contributed by atoms with Gasteiger partial charge in [-0.15, -0.1) is 0 Å². The number of likely N-dealkylation sites (N-methyl/N-ethyl adjacent to an activating group) is 1. The molecule has 1 aromatic rings. The van der Waals surface area contributed by atoms with Crippen molar-refractivity contribution in [2.45, 2.75) is 12.8 Å². The summed E-state index contributed by atoms with van der Waals surface area (Å²) < 4.78 is 0.750. The topological polar surface area (TPSA) is 66.6 Å². The van der Waals surface area contributed by atoms with Crippen molar-refractivity contribution < 1.29 is 9.59 Å². The molecular formula is C14H18BrN3O2. The van der Waals surface area contributed by atoms with Crippen molar-refractivity contribution in [3.63, 3.8) is 0 Å². The van der Waals surface area contributed by atoms with Crippen molar-refractivity contribution in [1.29, 1.82) is 0 Å². The van der Waals surface area contributed by atoms with Crippen molar-refractivity contribution in [2.75, 3.05) is 32.4 Å². The fourth-order valence-corrected chi connectivity index (χ4v) is 2.81. The third kappa shape index (κ3) is 3.50. The van der Waals surface area contributed by atoms with E-state index >= 15 is 0 Å². The number of hydrogen-bond donors (Lipinski definition) is 1. The monoisotopic (exact) mass is 339 g/mol. The summed E-state index contributed by atoms with van der Waals surface area (Å²) in [7, 11) is 1.63. The summed E-state index contributed by atoms with van der Waals surface area (Å²) in [4.78, 5) is 27.5. The number of halogens is 1. The van der Waals surface area contributed by atoms with Crippen molar-refractivity contribution >= 4 is 33.4 Å². The maximum absolute atomic E-state index is 12.3. The summed E-state index contributed by atoms with van der Waals surface area (Å²) >= 11 is 3.31. The van der Waals surface area contributed by atoms with Crippen LogP contribution in [0.4, 0.5) is 5.69 Å². The predicted molar refractivity (Wildman–Crippen MR) is 81.3 cm³/mol. The number of nitrogens with two attached hydrogens (primary N) is 1. The standard InChI is InChI=1S/C14H18BrN3O2/c1-17(9-13(19)18-4-2-3-5-18)14(20)10-6-11(15)8-12(16)7-10/h6-8H,2-5,9,16H2,1H3. The summed E-state index contributed by atoms with van der Waals surface area (Å²) in [6.45, 7) is 1.70. The quantitative estimate of drug-likeness (QED) is 0.852. The van der Waals surface area contributed by atoms with Crippen LogP contribution in [0.15, 0.2) is 22.7 Å². The molecule has 0 spiro atoms. The molecule has 2 rings (SSSR count). The van der Waals surface area contributed by atoms with Gasteiger partial charge in [-0.3, -0.25) is 9.59 Å². The lowest BCUT2D eigenvalue weighted by Crippen LogP contribution is -2.39. The van der Waals surface area contributed by atoms with Gasteiger partial charge in [0.25, 0.3) is 5.91 Å². The number of benzene rings is 1. The van der Waals surface area contributed by atoms with E-state index in [9.17, 15) is 9.59 Å². The highest BCUT2D eigenvalue weighted by Gasteiger charge is 2.21. The molecule has 0 saturated carbocycles. The second-order valence-corrected chi connectivity index (χ2v) is 5.94. The van der Waals surface area contributed by atoms with Gasteiger partial charge in [0.2, 0.25) is 5.91 Å². The number of amides is 2. The third-order valence-corrected chi connectivity index (χ3v) is 3.80. The van der Waals surface area contributed by atoms with E-state index in [1.807, 2.05) is 0 Å². The van der Waals surface area contributed by atoms with E-state index in [1.165, 1.54) is 4.90 Å². The molecule has 20 heavy (non-hydrogen) atoms. The molecule has 0 radical (unpaired) electrons. The van der Waals surface area contributed by atoms with Gasteiger partial charge in [0.15, 0.2) is 0 Å². The number of nitrogens with zero attached hydrogens (tertiary/aromatic N) is 2. The van der Waals surface area contributed by atoms with Gasteiger partial charge in [0.1, 0.15) is 0 Å². The Bertz CT molecular complexity index is 507. The molecule has 1 aromatic carbocycles. The maximum atomic E-state index is 12.3. The maximum Gasteiger partial charge on any atom is 0.254 e. The lowest BCUT2D eigenvalue weighted by molar-refractivity contribution is -0.130. The van der Waals surface area contributed by atoms with E-state index < -0.39 is 0 Å². The Morgan fingerprint density at radius 2 is 1.95 bits per heavy atom. The minimum Gasteiger partial charge on any atom is -0.399 e. The number of rotatable bonds is 3. The molecule has 1 saturated heterocycles. The van der Waals surface area contributed by atoms with Crippen LogP contribution < -0.4 is 5.73 Å². The summed E-state index contributed by atoms with van der Waals surface area (Å²) in [6, 6.07) is 5.05. The Kier molecular flexibility index (Phi) is 4.65. The predicted octanol–water partition coefficient (Wildman–Crippen LogP) is 1.73. The van der Waals surface area contributed by atoms with E-state index in [0.29, 0.717) is 11.3 Å². The molecular weight excluding hydrogens is 322 g/mol. The molecule has 0 aromatic heterocycles. The molecule has 108 valence electrons. The van der Waals surface area contributed by atoms with Crippen LogP contribution >= 0.6 is 15.9 Å². The van der Waals surface area contributed by atoms with Gasteiger partial charge in [0, 0.05) is 35.9 Å². The Hall–Kier alpha value is -1.56. The summed E-state index contributed by atoms with van der Waals surface area (Å²) in [5.74, 6) is -0.202. The highest BCUT2D eigenvalue weighted by Crippen LogP contribution is 2.18. The van der Waals surface area contributed by atoms with Crippen LogP contribution in [0, 0.1) is 0 Å². The zero-order valence-corrected chi connectivity index (χ0v) is 13.0. The minimum atomic E-state index is -0.203. The molecule has 0 atom stereocenters. The Labute approximate surface area is 126 Å². The normalized spacial score (nSPS) is 14.4. The van der Waals surface area contributed by atoms with Crippen LogP contribution in [0.3, 0.4) is 0 Å². The van der Waals surface area contributed by atoms with Crippen molar-refractivity contribution in [2.24, 2.45) is 0 Å². The van der Waals surface area contributed by atoms with Gasteiger partial charge in [-0.25, -0.2) is 0 Å². The summed E-state index contributed by atoms with van der Waals surface area (Å²) in [6.07, 6.45) is 2.09. The Balaban J connectivity index is 2.02. The molecule has 0 bridgehead atoms. The number of carbonyl (C=O) groups is 2. The first kappa shape index (κ1) is 14.8. The first-order valence-electron chi connectivity index (χ1n) is 6.56. The summed E-state index contributed by atoms with van der Waals surface area (Å²) in [5, 5.41) is 0. The van der Waals surface area contributed by atoms with Crippen LogP contribution in [0.2, 0.25) is 0 Å². The van der Waals surface area contributed by atoms with Crippen LogP contribution in [0.25, 0.3) is 0 Å². The van der Waals surface area contributed by atoms with E-state index in [4.69, 9.17) is 5.73 Å². The molecule has 2 N–H and O–H groups in total. The molecule has 1 heterocycles. The SMILES string of the molecule is CN(CC(=O)N1CCCC1)C(=O)c1cc(N)cc(Br)c1. The van der Waals surface area contributed by atoms with E-state index in [2.05, 4.69) is 15.9 Å². The van der Waals surface area contributed by atoms with Crippen LogP contribution in [0.5, 0.6) is 0 Å². The molecule has 1 aliphatic heterocycles. The second-order valence-electron chi connectivity index (χ2n) is 5.02. The number of anilines is 1. The van der Waals surface area contributed by atoms with Crippen molar-refractivity contribution in [3.05, 3.63) is 28.2 Å². The largest absolute Gasteiger partial charge is 0.399 e. The summed E-state index contributed by atoms with van der Waals surface area (Å²) in [5.41, 5.74) is 6.72. The number of nitrogen functional groups attached to an aromatic ring is 1. The average molecular weight is 340 g/mol. The Morgan fingerprint density at radius 1 is 1.30 bits per heavy atom. The van der Waals surface area contributed by atoms with Gasteiger partial charge < -0.3 is 15.5 Å². The van der Waals surface area contributed by atoms with Gasteiger partial charge in [0.05, 0.1) is 6.54 Å². The minimum absolute atomic E-state index is 0.00122. The van der Waals surface area contributed by atoms with Crippen LogP contribution in [-0.2, 0) is 4.79 Å². The highest BCUT2D eigenvalue weighted by molar-refractivity contribution is 9.10. The number of carbonyl (C=O) groups excluding carboxylic acids is 2. The van der Waals surface area contributed by atoms with Gasteiger partial charge in [-0.1, -0.05) is 15.9 Å².